The molecule has 0 aliphatic carbocycles. The maximum atomic E-state index is 13.8. The minimum absolute atomic E-state index is 0.0480. The maximum Gasteiger partial charge on any atom is 0.199 e. The van der Waals surface area contributed by atoms with Gasteiger partial charge in [0.05, 0.1) is 15.7 Å². The standard InChI is InChI=1S/C13H7BrF3NO/c14-7-2-3-8(15)11(12(7)17)13(19)6-1-4-10(18)9(16)5-6/h1-5H,18H2. The van der Waals surface area contributed by atoms with Crippen LogP contribution in [0.1, 0.15) is 15.9 Å². The Bertz CT molecular complexity index is 673. The first-order chi connectivity index (χ1) is 8.91. The minimum Gasteiger partial charge on any atom is -0.396 e. The Balaban J connectivity index is 2.56. The van der Waals surface area contributed by atoms with E-state index in [9.17, 15) is 18.0 Å². The van der Waals surface area contributed by atoms with Gasteiger partial charge in [0.25, 0.3) is 0 Å². The molecule has 0 atom stereocenters. The second-order valence-electron chi connectivity index (χ2n) is 3.78. The van der Waals surface area contributed by atoms with Gasteiger partial charge in [0.2, 0.25) is 0 Å². The van der Waals surface area contributed by atoms with Crippen molar-refractivity contribution in [1.29, 1.82) is 0 Å². The Morgan fingerprint density at radius 1 is 1.05 bits per heavy atom. The molecule has 98 valence electrons. The van der Waals surface area contributed by atoms with E-state index in [-0.39, 0.29) is 15.7 Å². The molecule has 2 N–H and O–H groups in total. The highest BCUT2D eigenvalue weighted by atomic mass is 79.9. The van der Waals surface area contributed by atoms with Crippen molar-refractivity contribution in [2.75, 3.05) is 5.73 Å². The van der Waals surface area contributed by atoms with Gasteiger partial charge in [-0.3, -0.25) is 4.79 Å². The number of nitrogen functional groups attached to an aromatic ring is 1. The minimum atomic E-state index is -1.03. The SMILES string of the molecule is Nc1ccc(C(=O)c2c(F)ccc(Br)c2F)cc1F. The fourth-order valence-corrected chi connectivity index (χ4v) is 1.88. The molecule has 0 radical (unpaired) electrons. The molecule has 0 aliphatic rings. The predicted octanol–water partition coefficient (Wildman–Crippen LogP) is 3.68. The Kier molecular flexibility index (Phi) is 3.61. The maximum absolute atomic E-state index is 13.8. The van der Waals surface area contributed by atoms with E-state index in [1.165, 1.54) is 6.07 Å². The van der Waals surface area contributed by atoms with E-state index < -0.39 is 28.8 Å². The Morgan fingerprint density at radius 2 is 1.74 bits per heavy atom. The van der Waals surface area contributed by atoms with Gasteiger partial charge < -0.3 is 5.73 Å². The molecule has 0 unspecified atom stereocenters. The molecule has 2 aromatic carbocycles. The van der Waals surface area contributed by atoms with Crippen molar-refractivity contribution in [2.24, 2.45) is 0 Å². The third kappa shape index (κ3) is 2.49. The zero-order chi connectivity index (χ0) is 14.2. The van der Waals surface area contributed by atoms with Crippen molar-refractivity contribution in [1.82, 2.24) is 0 Å². The van der Waals surface area contributed by atoms with Gasteiger partial charge in [-0.25, -0.2) is 13.2 Å². The van der Waals surface area contributed by atoms with E-state index in [0.29, 0.717) is 0 Å². The predicted molar refractivity (Wildman–Crippen MR) is 68.3 cm³/mol. The van der Waals surface area contributed by atoms with E-state index in [1.54, 1.807) is 0 Å². The third-order valence-corrected chi connectivity index (χ3v) is 3.15. The monoisotopic (exact) mass is 329 g/mol. The molecular formula is C13H7BrF3NO. The van der Waals surface area contributed by atoms with Gasteiger partial charge in [-0.1, -0.05) is 0 Å². The molecule has 0 fully saturated rings. The highest BCUT2D eigenvalue weighted by molar-refractivity contribution is 9.10. The van der Waals surface area contributed by atoms with Crippen LogP contribution in [0.3, 0.4) is 0 Å². The van der Waals surface area contributed by atoms with E-state index in [4.69, 9.17) is 5.73 Å². The van der Waals surface area contributed by atoms with Crippen molar-refractivity contribution in [3.63, 3.8) is 0 Å². The summed E-state index contributed by atoms with van der Waals surface area (Å²) in [6, 6.07) is 5.31. The van der Waals surface area contributed by atoms with Crippen molar-refractivity contribution < 1.29 is 18.0 Å². The van der Waals surface area contributed by atoms with Gasteiger partial charge in [0.15, 0.2) is 11.6 Å². The van der Waals surface area contributed by atoms with Crippen LogP contribution in [0.4, 0.5) is 18.9 Å². The summed E-state index contributed by atoms with van der Waals surface area (Å²) < 4.78 is 40.5. The van der Waals surface area contributed by atoms with Crippen LogP contribution < -0.4 is 5.73 Å². The first kappa shape index (κ1) is 13.6. The lowest BCUT2D eigenvalue weighted by molar-refractivity contribution is 0.103. The van der Waals surface area contributed by atoms with E-state index in [1.807, 2.05) is 0 Å². The summed E-state index contributed by atoms with van der Waals surface area (Å²) in [6.45, 7) is 0. The molecule has 2 aromatic rings. The van der Waals surface area contributed by atoms with Crippen molar-refractivity contribution in [2.45, 2.75) is 0 Å². The number of carbonyl (C=O) groups is 1. The summed E-state index contributed by atoms with van der Waals surface area (Å²) in [5, 5.41) is 0. The van der Waals surface area contributed by atoms with Crippen molar-refractivity contribution >= 4 is 27.4 Å². The Hall–Kier alpha value is -1.82. The molecular weight excluding hydrogens is 323 g/mol. The lowest BCUT2D eigenvalue weighted by Crippen LogP contribution is -2.09. The average Bonchev–Trinajstić information content (AvgIpc) is 2.37. The van der Waals surface area contributed by atoms with E-state index >= 15 is 0 Å². The number of nitrogens with two attached hydrogens (primary N) is 1. The second-order valence-corrected chi connectivity index (χ2v) is 4.64. The molecule has 2 rings (SSSR count). The fourth-order valence-electron chi connectivity index (χ4n) is 1.55. The summed E-state index contributed by atoms with van der Waals surface area (Å²) >= 11 is 2.86. The van der Waals surface area contributed by atoms with Crippen molar-refractivity contribution in [3.05, 3.63) is 63.4 Å². The lowest BCUT2D eigenvalue weighted by Gasteiger charge is -2.06. The molecule has 0 saturated heterocycles. The molecule has 19 heavy (non-hydrogen) atoms. The van der Waals surface area contributed by atoms with E-state index in [2.05, 4.69) is 15.9 Å². The summed E-state index contributed by atoms with van der Waals surface area (Å²) in [6.07, 6.45) is 0. The number of ketones is 1. The normalized spacial score (nSPS) is 10.5. The smallest absolute Gasteiger partial charge is 0.199 e. The molecule has 0 saturated carbocycles. The molecule has 6 heteroatoms. The first-order valence-corrected chi connectivity index (χ1v) is 5.94. The third-order valence-electron chi connectivity index (χ3n) is 2.53. The van der Waals surface area contributed by atoms with Crippen LogP contribution in [0, 0.1) is 17.5 Å². The number of benzene rings is 2. The van der Waals surface area contributed by atoms with Crippen LogP contribution >= 0.6 is 15.9 Å². The molecule has 0 bridgehead atoms. The number of halogens is 4. The van der Waals surface area contributed by atoms with Gasteiger partial charge >= 0.3 is 0 Å². The molecule has 0 aliphatic heterocycles. The summed E-state index contributed by atoms with van der Waals surface area (Å²) in [7, 11) is 0. The molecule has 2 nitrogen and oxygen atoms in total. The largest absolute Gasteiger partial charge is 0.396 e. The lowest BCUT2D eigenvalue weighted by atomic mass is 10.0. The number of rotatable bonds is 2. The number of anilines is 1. The second kappa shape index (κ2) is 5.05. The van der Waals surface area contributed by atoms with Crippen LogP contribution in [0.25, 0.3) is 0 Å². The quantitative estimate of drug-likeness (QED) is 0.519. The van der Waals surface area contributed by atoms with Crippen LogP contribution in [-0.4, -0.2) is 5.78 Å². The van der Waals surface area contributed by atoms with Crippen LogP contribution in [-0.2, 0) is 0 Å². The topological polar surface area (TPSA) is 43.1 Å². The zero-order valence-electron chi connectivity index (χ0n) is 9.38. The van der Waals surface area contributed by atoms with Crippen molar-refractivity contribution in [3.8, 4) is 0 Å². The number of hydrogen-bond acceptors (Lipinski definition) is 2. The Morgan fingerprint density at radius 3 is 2.37 bits per heavy atom. The van der Waals surface area contributed by atoms with E-state index in [0.717, 1.165) is 24.3 Å². The van der Waals surface area contributed by atoms with Gasteiger partial charge in [0, 0.05) is 5.56 Å². The van der Waals surface area contributed by atoms with Crippen LogP contribution in [0.2, 0.25) is 0 Å². The molecule has 0 spiro atoms. The fraction of sp³-hybridized carbons (Fsp3) is 0. The molecule has 0 heterocycles. The van der Waals surface area contributed by atoms with Gasteiger partial charge in [-0.05, 0) is 46.3 Å². The Labute approximate surface area is 115 Å². The van der Waals surface area contributed by atoms with Gasteiger partial charge in [-0.15, -0.1) is 0 Å². The first-order valence-electron chi connectivity index (χ1n) is 5.15. The van der Waals surface area contributed by atoms with Gasteiger partial charge in [-0.2, -0.15) is 0 Å². The summed E-state index contributed by atoms with van der Waals surface area (Å²) in [4.78, 5) is 12.0. The highest BCUT2D eigenvalue weighted by Crippen LogP contribution is 2.24. The van der Waals surface area contributed by atoms with Gasteiger partial charge in [0.1, 0.15) is 11.6 Å². The van der Waals surface area contributed by atoms with Crippen LogP contribution in [0.5, 0.6) is 0 Å². The highest BCUT2D eigenvalue weighted by Gasteiger charge is 2.21. The average molecular weight is 330 g/mol. The number of carbonyl (C=O) groups excluding carboxylic acids is 1. The summed E-state index contributed by atoms with van der Waals surface area (Å²) in [5.41, 5.74) is 4.21. The van der Waals surface area contributed by atoms with Crippen LogP contribution in [0.15, 0.2) is 34.8 Å². The molecule has 0 aromatic heterocycles. The summed E-state index contributed by atoms with van der Waals surface area (Å²) in [5.74, 6) is -3.80. The number of hydrogen-bond donors (Lipinski definition) is 1. The molecule has 0 amide bonds. The zero-order valence-corrected chi connectivity index (χ0v) is 11.0.